The second-order valence-electron chi connectivity index (χ2n) is 6.16. The number of carbonyl (C=O) groups excluding carboxylic acids is 3. The average Bonchev–Trinajstić information content (AvgIpc) is 2.68. The Morgan fingerprint density at radius 2 is 1.96 bits per heavy atom. The number of benzene rings is 1. The van der Waals surface area contributed by atoms with Crippen LogP contribution in [0.4, 0.5) is 0 Å². The summed E-state index contributed by atoms with van der Waals surface area (Å²) in [4.78, 5) is 44.2. The second-order valence-corrected chi connectivity index (χ2v) is 6.16. The van der Waals surface area contributed by atoms with E-state index in [1.807, 2.05) is 35.2 Å². The molecule has 1 fully saturated rings. The minimum Gasteiger partial charge on any atom is -0.465 e. The Hall–Kier alpha value is -2.90. The van der Waals surface area contributed by atoms with E-state index in [4.69, 9.17) is 4.74 Å². The summed E-state index contributed by atoms with van der Waals surface area (Å²) >= 11 is 0. The molecule has 8 heteroatoms. The summed E-state index contributed by atoms with van der Waals surface area (Å²) in [5.74, 6) is -1.57. The minimum absolute atomic E-state index is 0.203. The van der Waals surface area contributed by atoms with Crippen LogP contribution in [0.5, 0.6) is 0 Å². The summed E-state index contributed by atoms with van der Waals surface area (Å²) < 4.78 is 5.08. The van der Waals surface area contributed by atoms with Crippen LogP contribution in [0.25, 0.3) is 0 Å². The van der Waals surface area contributed by atoms with Gasteiger partial charge in [0.05, 0.1) is 6.61 Å². The molecule has 0 aromatic heterocycles. The molecule has 1 aromatic rings. The maximum atomic E-state index is 12.7. The molecule has 0 radical (unpaired) electrons. The highest BCUT2D eigenvalue weighted by molar-refractivity contribution is 6.08. The number of carbonyl (C=O) groups is 3. The van der Waals surface area contributed by atoms with Gasteiger partial charge in [0.25, 0.3) is 0 Å². The van der Waals surface area contributed by atoms with Gasteiger partial charge >= 0.3 is 5.97 Å². The number of hydrogen-bond acceptors (Lipinski definition) is 6. The molecule has 26 heavy (non-hydrogen) atoms. The van der Waals surface area contributed by atoms with E-state index in [-0.39, 0.29) is 6.61 Å². The van der Waals surface area contributed by atoms with Gasteiger partial charge in [0.1, 0.15) is 6.04 Å². The monoisotopic (exact) mass is 358 g/mol. The molecule has 8 nitrogen and oxygen atoms in total. The smallest absolute Gasteiger partial charge is 0.321 e. The third-order valence-electron chi connectivity index (χ3n) is 4.54. The predicted octanol–water partition coefficient (Wildman–Crippen LogP) is 0.167. The maximum Gasteiger partial charge on any atom is 0.321 e. The van der Waals surface area contributed by atoms with E-state index in [0.717, 1.165) is 12.0 Å². The fraction of sp³-hybridized carbons (Fsp3) is 0.444. The second kappa shape index (κ2) is 7.99. The topological polar surface area (TPSA) is 91.3 Å². The van der Waals surface area contributed by atoms with Gasteiger partial charge in [-0.3, -0.25) is 19.7 Å². The number of nitrogens with one attached hydrogen (secondary N) is 1. The molecular weight excluding hydrogens is 336 g/mol. The van der Waals surface area contributed by atoms with Crippen LogP contribution in [0, 0.1) is 5.92 Å². The predicted molar refractivity (Wildman–Crippen MR) is 94.1 cm³/mol. The third kappa shape index (κ3) is 3.68. The molecule has 2 atom stereocenters. The lowest BCUT2D eigenvalue weighted by Crippen LogP contribution is -2.57. The normalized spacial score (nSPS) is 23.1. The summed E-state index contributed by atoms with van der Waals surface area (Å²) in [5, 5.41) is 2.74. The zero-order valence-corrected chi connectivity index (χ0v) is 14.6. The van der Waals surface area contributed by atoms with Crippen LogP contribution in [0.1, 0.15) is 18.5 Å². The van der Waals surface area contributed by atoms with Gasteiger partial charge in [-0.15, -0.1) is 0 Å². The van der Waals surface area contributed by atoms with Crippen LogP contribution >= 0.6 is 0 Å². The van der Waals surface area contributed by atoms with Crippen molar-refractivity contribution in [3.8, 4) is 0 Å². The molecule has 1 N–H and O–H groups in total. The van der Waals surface area contributed by atoms with Crippen molar-refractivity contribution in [3.63, 3.8) is 0 Å². The number of piperazine rings is 1. The van der Waals surface area contributed by atoms with Crippen molar-refractivity contribution < 1.29 is 19.1 Å². The fourth-order valence-corrected chi connectivity index (χ4v) is 3.15. The SMILES string of the molecule is CCOC(=O)[C@@H]1C(=O)NC(N2CCN(C=O)CC2)=N[C@H]1c1ccccc1. The molecule has 2 amide bonds. The van der Waals surface area contributed by atoms with Crippen molar-refractivity contribution in [1.29, 1.82) is 0 Å². The first-order valence-corrected chi connectivity index (χ1v) is 8.68. The maximum absolute atomic E-state index is 12.7. The van der Waals surface area contributed by atoms with Crippen LogP contribution in [-0.4, -0.2) is 66.8 Å². The van der Waals surface area contributed by atoms with Gasteiger partial charge in [-0.05, 0) is 12.5 Å². The van der Waals surface area contributed by atoms with Crippen molar-refractivity contribution in [2.45, 2.75) is 13.0 Å². The number of hydrogen-bond donors (Lipinski definition) is 1. The number of nitrogens with zero attached hydrogens (tertiary/aromatic N) is 3. The molecule has 2 aliphatic heterocycles. The molecule has 3 rings (SSSR count). The summed E-state index contributed by atoms with van der Waals surface area (Å²) in [6.45, 7) is 4.18. The molecule has 1 saturated heterocycles. The van der Waals surface area contributed by atoms with Gasteiger partial charge in [-0.1, -0.05) is 30.3 Å². The van der Waals surface area contributed by atoms with Gasteiger partial charge in [0, 0.05) is 26.2 Å². The molecular formula is C18H22N4O4. The highest BCUT2D eigenvalue weighted by Gasteiger charge is 2.42. The fourth-order valence-electron chi connectivity index (χ4n) is 3.15. The van der Waals surface area contributed by atoms with Crippen LogP contribution in [0.15, 0.2) is 35.3 Å². The van der Waals surface area contributed by atoms with E-state index in [1.165, 1.54) is 0 Å². The number of amides is 2. The van der Waals surface area contributed by atoms with Crippen molar-refractivity contribution in [2.75, 3.05) is 32.8 Å². The Balaban J connectivity index is 1.89. The number of aliphatic imine (C=N–C) groups is 1. The Morgan fingerprint density at radius 1 is 1.27 bits per heavy atom. The van der Waals surface area contributed by atoms with Gasteiger partial charge in [0.15, 0.2) is 5.92 Å². The lowest BCUT2D eigenvalue weighted by atomic mass is 9.91. The van der Waals surface area contributed by atoms with Crippen LogP contribution in [-0.2, 0) is 19.1 Å². The lowest BCUT2D eigenvalue weighted by Gasteiger charge is -2.37. The van der Waals surface area contributed by atoms with Crippen LogP contribution < -0.4 is 5.32 Å². The van der Waals surface area contributed by atoms with E-state index in [0.29, 0.717) is 32.1 Å². The Bertz CT molecular complexity index is 698. The molecule has 0 saturated carbocycles. The third-order valence-corrected chi connectivity index (χ3v) is 4.54. The van der Waals surface area contributed by atoms with Crippen LogP contribution in [0.2, 0.25) is 0 Å². The molecule has 0 unspecified atom stereocenters. The van der Waals surface area contributed by atoms with Crippen LogP contribution in [0.3, 0.4) is 0 Å². The average molecular weight is 358 g/mol. The Labute approximate surface area is 151 Å². The lowest BCUT2D eigenvalue weighted by molar-refractivity contribution is -0.153. The summed E-state index contributed by atoms with van der Waals surface area (Å²) in [6, 6.07) is 8.63. The zero-order valence-electron chi connectivity index (χ0n) is 14.6. The number of guanidine groups is 1. The summed E-state index contributed by atoms with van der Waals surface area (Å²) in [7, 11) is 0. The van der Waals surface area contributed by atoms with E-state index in [2.05, 4.69) is 10.3 Å². The Kier molecular flexibility index (Phi) is 5.50. The minimum atomic E-state index is -1.02. The van der Waals surface area contributed by atoms with Gasteiger partial charge in [0.2, 0.25) is 18.3 Å². The van der Waals surface area contributed by atoms with Crippen molar-refractivity contribution >= 4 is 24.2 Å². The first kappa shape index (κ1) is 17.9. The molecule has 138 valence electrons. The number of rotatable bonds is 4. The standard InChI is InChI=1S/C18H22N4O4/c1-2-26-17(25)14-15(13-6-4-3-5-7-13)19-18(20-16(14)24)22-10-8-21(12-23)9-11-22/h3-7,12,14-15H,2,8-11H2,1H3,(H,19,20,24)/t14-,15-/m0/s1. The van der Waals surface area contributed by atoms with Crippen molar-refractivity contribution in [2.24, 2.45) is 10.9 Å². The van der Waals surface area contributed by atoms with E-state index >= 15 is 0 Å². The van der Waals surface area contributed by atoms with E-state index in [9.17, 15) is 14.4 Å². The van der Waals surface area contributed by atoms with Gasteiger partial charge in [-0.2, -0.15) is 0 Å². The first-order chi connectivity index (χ1) is 12.6. The largest absolute Gasteiger partial charge is 0.465 e. The van der Waals surface area contributed by atoms with Gasteiger partial charge in [-0.25, -0.2) is 4.99 Å². The molecule has 2 aliphatic rings. The first-order valence-electron chi connectivity index (χ1n) is 8.68. The summed E-state index contributed by atoms with van der Waals surface area (Å²) in [6.07, 6.45) is 0.822. The molecule has 0 aliphatic carbocycles. The quantitative estimate of drug-likeness (QED) is 0.471. The Morgan fingerprint density at radius 3 is 2.58 bits per heavy atom. The highest BCUT2D eigenvalue weighted by atomic mass is 16.5. The van der Waals surface area contributed by atoms with Crippen molar-refractivity contribution in [1.82, 2.24) is 15.1 Å². The molecule has 0 spiro atoms. The van der Waals surface area contributed by atoms with E-state index in [1.54, 1.807) is 11.8 Å². The molecule has 2 heterocycles. The molecule has 1 aromatic carbocycles. The van der Waals surface area contributed by atoms with E-state index < -0.39 is 23.8 Å². The van der Waals surface area contributed by atoms with Crippen molar-refractivity contribution in [3.05, 3.63) is 35.9 Å². The number of esters is 1. The molecule has 0 bridgehead atoms. The number of ether oxygens (including phenoxy) is 1. The highest BCUT2D eigenvalue weighted by Crippen LogP contribution is 2.30. The zero-order chi connectivity index (χ0) is 18.5. The summed E-state index contributed by atoms with van der Waals surface area (Å²) in [5.41, 5.74) is 0.782. The van der Waals surface area contributed by atoms with Gasteiger partial charge < -0.3 is 14.5 Å².